The molecule has 1 aliphatic rings. The molecule has 0 saturated carbocycles. The van der Waals surface area contributed by atoms with Crippen molar-refractivity contribution in [3.8, 4) is 0 Å². The summed E-state index contributed by atoms with van der Waals surface area (Å²) in [6, 6.07) is 0. The topological polar surface area (TPSA) is 61.8 Å². The van der Waals surface area contributed by atoms with Crippen molar-refractivity contribution in [3.63, 3.8) is 0 Å². The average molecular weight is 202 g/mol. The maximum atomic E-state index is 10.7. The number of carbonyl (C=O) groups is 2. The van der Waals surface area contributed by atoms with Crippen LogP contribution in [0.3, 0.4) is 0 Å². The van der Waals surface area contributed by atoms with E-state index >= 15 is 0 Å². The van der Waals surface area contributed by atoms with Gasteiger partial charge in [-0.05, 0) is 19.3 Å². The Kier molecular flexibility index (Phi) is 4.55. The van der Waals surface area contributed by atoms with Gasteiger partial charge in [-0.3, -0.25) is 4.79 Å². The van der Waals surface area contributed by atoms with Crippen LogP contribution in [0.4, 0.5) is 0 Å². The molecule has 0 aromatic carbocycles. The molecule has 0 radical (unpaired) electrons. The molecular weight excluding hydrogens is 188 g/mol. The SMILES string of the molecule is CC(=O)C(=O)OCOC1CCCCO1. The van der Waals surface area contributed by atoms with Gasteiger partial charge in [0.1, 0.15) is 0 Å². The fraction of sp³-hybridized carbons (Fsp3) is 0.778. The highest BCUT2D eigenvalue weighted by molar-refractivity contribution is 6.32. The van der Waals surface area contributed by atoms with Crippen molar-refractivity contribution in [2.45, 2.75) is 32.5 Å². The number of ether oxygens (including phenoxy) is 3. The van der Waals surface area contributed by atoms with E-state index in [-0.39, 0.29) is 13.1 Å². The highest BCUT2D eigenvalue weighted by Gasteiger charge is 2.15. The number of esters is 1. The predicted octanol–water partition coefficient (Wildman–Crippen LogP) is 0.619. The summed E-state index contributed by atoms with van der Waals surface area (Å²) in [4.78, 5) is 21.2. The summed E-state index contributed by atoms with van der Waals surface area (Å²) in [5, 5.41) is 0. The molecular formula is C9H14O5. The van der Waals surface area contributed by atoms with Crippen molar-refractivity contribution in [2.75, 3.05) is 13.4 Å². The van der Waals surface area contributed by atoms with Gasteiger partial charge in [-0.2, -0.15) is 0 Å². The first-order valence-corrected chi connectivity index (χ1v) is 4.61. The second kappa shape index (κ2) is 5.72. The van der Waals surface area contributed by atoms with Gasteiger partial charge in [-0.1, -0.05) is 0 Å². The van der Waals surface area contributed by atoms with Crippen LogP contribution in [-0.4, -0.2) is 31.4 Å². The molecule has 5 heteroatoms. The number of ketones is 1. The number of hydrogen-bond donors (Lipinski definition) is 0. The first kappa shape index (κ1) is 11.1. The number of carbonyl (C=O) groups excluding carboxylic acids is 2. The third-order valence-electron chi connectivity index (χ3n) is 1.87. The summed E-state index contributed by atoms with van der Waals surface area (Å²) in [6.45, 7) is 1.61. The molecule has 5 nitrogen and oxygen atoms in total. The van der Waals surface area contributed by atoms with Crippen molar-refractivity contribution in [3.05, 3.63) is 0 Å². The van der Waals surface area contributed by atoms with Crippen LogP contribution >= 0.6 is 0 Å². The highest BCUT2D eigenvalue weighted by Crippen LogP contribution is 2.13. The summed E-state index contributed by atoms with van der Waals surface area (Å²) in [6.07, 6.45) is 2.58. The fourth-order valence-corrected chi connectivity index (χ4v) is 1.11. The molecule has 0 N–H and O–H groups in total. The first-order valence-electron chi connectivity index (χ1n) is 4.61. The summed E-state index contributed by atoms with van der Waals surface area (Å²) in [5.41, 5.74) is 0. The fourth-order valence-electron chi connectivity index (χ4n) is 1.11. The van der Waals surface area contributed by atoms with Gasteiger partial charge in [0.05, 0.1) is 0 Å². The molecule has 80 valence electrons. The molecule has 0 amide bonds. The van der Waals surface area contributed by atoms with Crippen LogP contribution in [0.5, 0.6) is 0 Å². The lowest BCUT2D eigenvalue weighted by Gasteiger charge is -2.22. The van der Waals surface area contributed by atoms with Gasteiger partial charge in [-0.25, -0.2) is 4.79 Å². The van der Waals surface area contributed by atoms with Crippen LogP contribution in [-0.2, 0) is 23.8 Å². The van der Waals surface area contributed by atoms with E-state index < -0.39 is 11.8 Å². The van der Waals surface area contributed by atoms with E-state index in [1.165, 1.54) is 0 Å². The molecule has 1 aliphatic heterocycles. The van der Waals surface area contributed by atoms with E-state index in [9.17, 15) is 9.59 Å². The molecule has 0 bridgehead atoms. The van der Waals surface area contributed by atoms with Crippen molar-refractivity contribution >= 4 is 11.8 Å². The Labute approximate surface area is 82.3 Å². The second-order valence-electron chi connectivity index (χ2n) is 3.07. The summed E-state index contributed by atoms with van der Waals surface area (Å²) in [7, 11) is 0. The van der Waals surface area contributed by atoms with Crippen molar-refractivity contribution in [1.82, 2.24) is 0 Å². The van der Waals surface area contributed by atoms with Crippen LogP contribution < -0.4 is 0 Å². The third kappa shape index (κ3) is 3.85. The Balaban J connectivity index is 2.08. The van der Waals surface area contributed by atoms with Gasteiger partial charge < -0.3 is 14.2 Å². The lowest BCUT2D eigenvalue weighted by Crippen LogP contribution is -2.25. The van der Waals surface area contributed by atoms with Gasteiger partial charge in [0.2, 0.25) is 5.78 Å². The quantitative estimate of drug-likeness (QED) is 0.380. The Morgan fingerprint density at radius 2 is 2.21 bits per heavy atom. The lowest BCUT2D eigenvalue weighted by atomic mass is 10.2. The van der Waals surface area contributed by atoms with E-state index in [2.05, 4.69) is 4.74 Å². The monoisotopic (exact) mass is 202 g/mol. The lowest BCUT2D eigenvalue weighted by molar-refractivity contribution is -0.210. The summed E-state index contributed by atoms with van der Waals surface area (Å²) >= 11 is 0. The number of hydrogen-bond acceptors (Lipinski definition) is 5. The average Bonchev–Trinajstić information content (AvgIpc) is 2.19. The van der Waals surface area contributed by atoms with Crippen LogP contribution in [0.1, 0.15) is 26.2 Å². The van der Waals surface area contributed by atoms with Crippen LogP contribution in [0.25, 0.3) is 0 Å². The van der Waals surface area contributed by atoms with Crippen LogP contribution in [0, 0.1) is 0 Å². The van der Waals surface area contributed by atoms with Crippen LogP contribution in [0.2, 0.25) is 0 Å². The Morgan fingerprint density at radius 3 is 2.79 bits per heavy atom. The maximum absolute atomic E-state index is 10.7. The Hall–Kier alpha value is -0.940. The molecule has 1 atom stereocenters. The molecule has 0 aromatic heterocycles. The van der Waals surface area contributed by atoms with E-state index in [0.29, 0.717) is 6.61 Å². The third-order valence-corrected chi connectivity index (χ3v) is 1.87. The largest absolute Gasteiger partial charge is 0.433 e. The maximum Gasteiger partial charge on any atom is 0.376 e. The van der Waals surface area contributed by atoms with Gasteiger partial charge in [0.25, 0.3) is 0 Å². The molecule has 1 saturated heterocycles. The van der Waals surface area contributed by atoms with Crippen LogP contribution in [0.15, 0.2) is 0 Å². The summed E-state index contributed by atoms with van der Waals surface area (Å²) < 4.78 is 14.8. The summed E-state index contributed by atoms with van der Waals surface area (Å²) in [5.74, 6) is -1.50. The molecule has 0 aliphatic carbocycles. The first-order chi connectivity index (χ1) is 6.70. The highest BCUT2D eigenvalue weighted by atomic mass is 16.8. The Morgan fingerprint density at radius 1 is 1.43 bits per heavy atom. The zero-order valence-corrected chi connectivity index (χ0v) is 8.15. The zero-order valence-electron chi connectivity index (χ0n) is 8.15. The van der Waals surface area contributed by atoms with Gasteiger partial charge >= 0.3 is 5.97 Å². The smallest absolute Gasteiger partial charge is 0.376 e. The minimum absolute atomic E-state index is 0.219. The molecule has 0 aromatic rings. The van der Waals surface area contributed by atoms with Crippen molar-refractivity contribution in [2.24, 2.45) is 0 Å². The molecule has 0 spiro atoms. The molecule has 14 heavy (non-hydrogen) atoms. The normalized spacial score (nSPS) is 21.6. The van der Waals surface area contributed by atoms with Gasteiger partial charge in [-0.15, -0.1) is 0 Å². The predicted molar refractivity (Wildman–Crippen MR) is 46.3 cm³/mol. The van der Waals surface area contributed by atoms with E-state index in [1.54, 1.807) is 0 Å². The van der Waals surface area contributed by atoms with E-state index in [4.69, 9.17) is 9.47 Å². The number of Topliss-reactive ketones (excluding diaryl/α,β-unsaturated/α-hetero) is 1. The zero-order chi connectivity index (χ0) is 10.4. The molecule has 1 heterocycles. The van der Waals surface area contributed by atoms with Crippen molar-refractivity contribution in [1.29, 1.82) is 0 Å². The Bertz CT molecular complexity index is 207. The molecule has 1 rings (SSSR count). The van der Waals surface area contributed by atoms with Gasteiger partial charge in [0.15, 0.2) is 13.1 Å². The minimum atomic E-state index is -0.874. The molecule has 1 fully saturated rings. The van der Waals surface area contributed by atoms with Gasteiger partial charge in [0, 0.05) is 13.5 Å². The second-order valence-corrected chi connectivity index (χ2v) is 3.07. The molecule has 1 unspecified atom stereocenters. The number of rotatable bonds is 4. The van der Waals surface area contributed by atoms with E-state index in [0.717, 1.165) is 26.2 Å². The standard InChI is InChI=1S/C9H14O5/c1-7(10)9(11)14-6-13-8-4-2-3-5-12-8/h8H,2-6H2,1H3. The van der Waals surface area contributed by atoms with E-state index in [1.807, 2.05) is 0 Å². The van der Waals surface area contributed by atoms with Crippen molar-refractivity contribution < 1.29 is 23.8 Å². The minimum Gasteiger partial charge on any atom is -0.433 e.